The van der Waals surface area contributed by atoms with Crippen molar-refractivity contribution in [2.24, 2.45) is 7.05 Å². The van der Waals surface area contributed by atoms with Gasteiger partial charge in [-0.05, 0) is 12.1 Å². The summed E-state index contributed by atoms with van der Waals surface area (Å²) in [6.45, 7) is 0. The monoisotopic (exact) mass is 265 g/mol. The zero-order chi connectivity index (χ0) is 13.7. The van der Waals surface area contributed by atoms with Gasteiger partial charge in [0.2, 0.25) is 5.95 Å². The van der Waals surface area contributed by atoms with Crippen LogP contribution < -0.4 is 5.73 Å². The lowest BCUT2D eigenvalue weighted by molar-refractivity contribution is 0.797. The summed E-state index contributed by atoms with van der Waals surface area (Å²) in [6, 6.07) is 6.05. The van der Waals surface area contributed by atoms with E-state index in [9.17, 15) is 0 Å². The fraction of sp³-hybridized carbons (Fsp3) is 0.0769. The first-order valence-electron chi connectivity index (χ1n) is 6.11. The molecule has 0 aliphatic rings. The van der Waals surface area contributed by atoms with Crippen LogP contribution in [-0.4, -0.2) is 29.4 Å². The molecule has 3 heterocycles. The van der Waals surface area contributed by atoms with Crippen LogP contribution >= 0.6 is 0 Å². The van der Waals surface area contributed by atoms with Crippen molar-refractivity contribution in [3.63, 3.8) is 0 Å². The lowest BCUT2D eigenvalue weighted by Gasteiger charge is -2.02. The van der Waals surface area contributed by atoms with Gasteiger partial charge in [-0.1, -0.05) is 6.07 Å². The molecule has 0 amide bonds. The van der Waals surface area contributed by atoms with E-state index in [1.165, 1.54) is 0 Å². The van der Waals surface area contributed by atoms with E-state index in [1.807, 2.05) is 36.1 Å². The number of anilines is 1. The number of rotatable bonds is 1. The van der Waals surface area contributed by atoms with Gasteiger partial charge in [0, 0.05) is 30.4 Å². The van der Waals surface area contributed by atoms with Crippen LogP contribution in [0.3, 0.4) is 0 Å². The smallest absolute Gasteiger partial charge is 0.240 e. The normalized spacial score (nSPS) is 11.4. The predicted octanol–water partition coefficient (Wildman–Crippen LogP) is 1.26. The standard InChI is InChI=1S/C13H11N7/c1-19-10-3-2-8(6-9(10)7-16-19)11-12-17-13(14)18-20(12)5-4-15-11/h2-7H,1H3,(H2,14,18). The summed E-state index contributed by atoms with van der Waals surface area (Å²) in [7, 11) is 1.92. The van der Waals surface area contributed by atoms with Gasteiger partial charge in [-0.25, -0.2) is 4.52 Å². The van der Waals surface area contributed by atoms with E-state index in [-0.39, 0.29) is 5.95 Å². The van der Waals surface area contributed by atoms with Gasteiger partial charge in [-0.15, -0.1) is 5.10 Å². The zero-order valence-corrected chi connectivity index (χ0v) is 10.7. The first-order chi connectivity index (χ1) is 9.72. The number of nitrogens with two attached hydrogens (primary N) is 1. The Balaban J connectivity index is 2.00. The summed E-state index contributed by atoms with van der Waals surface area (Å²) in [4.78, 5) is 8.62. The van der Waals surface area contributed by atoms with E-state index >= 15 is 0 Å². The molecule has 0 unspecified atom stereocenters. The van der Waals surface area contributed by atoms with Crippen LogP contribution in [-0.2, 0) is 7.05 Å². The summed E-state index contributed by atoms with van der Waals surface area (Å²) in [5, 5.41) is 9.39. The Bertz CT molecular complexity index is 934. The van der Waals surface area contributed by atoms with Gasteiger partial charge >= 0.3 is 0 Å². The highest BCUT2D eigenvalue weighted by atomic mass is 15.3. The van der Waals surface area contributed by atoms with Crippen LogP contribution in [0, 0.1) is 0 Å². The number of hydrogen-bond acceptors (Lipinski definition) is 5. The fourth-order valence-electron chi connectivity index (χ4n) is 2.35. The number of nitrogen functional groups attached to an aromatic ring is 1. The summed E-state index contributed by atoms with van der Waals surface area (Å²) in [5.41, 5.74) is 9.08. The highest BCUT2D eigenvalue weighted by Gasteiger charge is 2.11. The van der Waals surface area contributed by atoms with Crippen LogP contribution in [0.1, 0.15) is 0 Å². The highest BCUT2D eigenvalue weighted by molar-refractivity contribution is 5.86. The molecule has 0 spiro atoms. The van der Waals surface area contributed by atoms with Gasteiger partial charge in [0.25, 0.3) is 0 Å². The molecule has 1 aromatic carbocycles. The second-order valence-corrected chi connectivity index (χ2v) is 4.56. The van der Waals surface area contributed by atoms with Crippen molar-refractivity contribution in [1.29, 1.82) is 0 Å². The van der Waals surface area contributed by atoms with Crippen molar-refractivity contribution < 1.29 is 0 Å². The topological polar surface area (TPSA) is 86.9 Å². The molecule has 7 heteroatoms. The van der Waals surface area contributed by atoms with Crippen molar-refractivity contribution in [3.05, 3.63) is 36.8 Å². The molecule has 20 heavy (non-hydrogen) atoms. The number of aromatic nitrogens is 6. The van der Waals surface area contributed by atoms with Crippen molar-refractivity contribution in [3.8, 4) is 11.3 Å². The van der Waals surface area contributed by atoms with Crippen molar-refractivity contribution >= 4 is 22.5 Å². The molecule has 0 radical (unpaired) electrons. The molecular weight excluding hydrogens is 254 g/mol. The van der Waals surface area contributed by atoms with E-state index in [2.05, 4.69) is 20.2 Å². The van der Waals surface area contributed by atoms with Gasteiger partial charge in [0.1, 0.15) is 5.69 Å². The number of aryl methyl sites for hydroxylation is 1. The Morgan fingerprint density at radius 2 is 2.15 bits per heavy atom. The minimum Gasteiger partial charge on any atom is -0.366 e. The minimum atomic E-state index is 0.238. The van der Waals surface area contributed by atoms with Crippen molar-refractivity contribution in [1.82, 2.24) is 29.4 Å². The molecule has 0 fully saturated rings. The average Bonchev–Trinajstić information content (AvgIpc) is 3.00. The van der Waals surface area contributed by atoms with Crippen molar-refractivity contribution in [2.45, 2.75) is 0 Å². The molecule has 0 aliphatic heterocycles. The van der Waals surface area contributed by atoms with Crippen LogP contribution in [0.2, 0.25) is 0 Å². The van der Waals surface area contributed by atoms with Crippen LogP contribution in [0.25, 0.3) is 27.8 Å². The highest BCUT2D eigenvalue weighted by Crippen LogP contribution is 2.25. The Labute approximate surface area is 113 Å². The largest absolute Gasteiger partial charge is 0.366 e. The first kappa shape index (κ1) is 10.9. The van der Waals surface area contributed by atoms with Crippen LogP contribution in [0.15, 0.2) is 36.8 Å². The van der Waals surface area contributed by atoms with E-state index in [4.69, 9.17) is 5.73 Å². The third kappa shape index (κ3) is 1.46. The first-order valence-corrected chi connectivity index (χ1v) is 6.11. The summed E-state index contributed by atoms with van der Waals surface area (Å²) < 4.78 is 3.47. The number of hydrogen-bond donors (Lipinski definition) is 1. The quantitative estimate of drug-likeness (QED) is 0.560. The molecule has 2 N–H and O–H groups in total. The summed E-state index contributed by atoms with van der Waals surface area (Å²) in [6.07, 6.45) is 5.24. The molecule has 0 atom stereocenters. The van der Waals surface area contributed by atoms with Gasteiger partial charge < -0.3 is 5.73 Å². The summed E-state index contributed by atoms with van der Waals surface area (Å²) in [5.74, 6) is 0.238. The maximum atomic E-state index is 5.65. The van der Waals surface area contributed by atoms with Crippen molar-refractivity contribution in [2.75, 3.05) is 5.73 Å². The molecule has 3 aromatic heterocycles. The second kappa shape index (κ2) is 3.77. The molecule has 0 saturated carbocycles. The van der Waals surface area contributed by atoms with Gasteiger partial charge in [-0.2, -0.15) is 10.1 Å². The summed E-state index contributed by atoms with van der Waals surface area (Å²) >= 11 is 0. The molecule has 0 saturated heterocycles. The molecule has 0 bridgehead atoms. The lowest BCUT2D eigenvalue weighted by atomic mass is 10.1. The fourth-order valence-corrected chi connectivity index (χ4v) is 2.35. The molecule has 4 rings (SSSR count). The van der Waals surface area contributed by atoms with Crippen LogP contribution in [0.5, 0.6) is 0 Å². The Morgan fingerprint density at radius 1 is 1.25 bits per heavy atom. The maximum Gasteiger partial charge on any atom is 0.240 e. The van der Waals surface area contributed by atoms with E-state index in [0.717, 1.165) is 22.2 Å². The Hall–Kier alpha value is -2.96. The van der Waals surface area contributed by atoms with Crippen LogP contribution in [0.4, 0.5) is 5.95 Å². The van der Waals surface area contributed by atoms with E-state index in [0.29, 0.717) is 5.65 Å². The number of benzene rings is 1. The van der Waals surface area contributed by atoms with E-state index < -0.39 is 0 Å². The third-order valence-electron chi connectivity index (χ3n) is 3.29. The molecule has 4 aromatic rings. The number of fused-ring (bicyclic) bond motifs is 2. The molecule has 0 aliphatic carbocycles. The van der Waals surface area contributed by atoms with E-state index in [1.54, 1.807) is 16.9 Å². The van der Waals surface area contributed by atoms with Gasteiger partial charge in [-0.3, -0.25) is 9.67 Å². The predicted molar refractivity (Wildman–Crippen MR) is 74.9 cm³/mol. The SMILES string of the molecule is Cn1ncc2cc(-c3nccn4nc(N)nc34)ccc21. The third-order valence-corrected chi connectivity index (χ3v) is 3.29. The average molecular weight is 265 g/mol. The zero-order valence-electron chi connectivity index (χ0n) is 10.7. The second-order valence-electron chi connectivity index (χ2n) is 4.56. The van der Waals surface area contributed by atoms with Gasteiger partial charge in [0.15, 0.2) is 5.65 Å². The lowest BCUT2D eigenvalue weighted by Crippen LogP contribution is -1.93. The Kier molecular flexibility index (Phi) is 2.06. The Morgan fingerprint density at radius 3 is 3.05 bits per heavy atom. The number of nitrogens with zero attached hydrogens (tertiary/aromatic N) is 6. The minimum absolute atomic E-state index is 0.238. The molecular formula is C13H11N7. The molecule has 7 nitrogen and oxygen atoms in total. The maximum absolute atomic E-state index is 5.65. The van der Waals surface area contributed by atoms with Gasteiger partial charge in [0.05, 0.1) is 11.7 Å². The molecule has 98 valence electrons.